The van der Waals surface area contributed by atoms with Crippen molar-refractivity contribution in [2.24, 2.45) is 0 Å². The second kappa shape index (κ2) is 75.5. The average molecular weight is 1210 g/mol. The van der Waals surface area contributed by atoms with Crippen molar-refractivity contribution in [1.82, 2.24) is 5.32 Å². The van der Waals surface area contributed by atoms with Crippen LogP contribution in [0.4, 0.5) is 0 Å². The molecule has 0 aromatic carbocycles. The molecule has 0 heterocycles. The molecule has 6 heteroatoms. The fourth-order valence-corrected chi connectivity index (χ4v) is 12.4. The zero-order valence-electron chi connectivity index (χ0n) is 58.3. The fourth-order valence-electron chi connectivity index (χ4n) is 12.4. The summed E-state index contributed by atoms with van der Waals surface area (Å²) in [5.41, 5.74) is 0. The summed E-state index contributed by atoms with van der Waals surface area (Å²) in [7, 11) is 0. The van der Waals surface area contributed by atoms with Gasteiger partial charge in [-0.3, -0.25) is 9.59 Å². The topological polar surface area (TPSA) is 95.9 Å². The smallest absolute Gasteiger partial charge is 0.305 e. The number of hydrogen-bond donors (Lipinski definition) is 3. The molecule has 0 spiro atoms. The monoisotopic (exact) mass is 1210 g/mol. The minimum absolute atomic E-state index is 0.0148. The van der Waals surface area contributed by atoms with E-state index in [0.717, 1.165) is 44.9 Å². The lowest BCUT2D eigenvalue weighted by molar-refractivity contribution is -0.143. The van der Waals surface area contributed by atoms with Gasteiger partial charge in [0, 0.05) is 12.8 Å². The Morgan fingerprint density at radius 3 is 0.826 bits per heavy atom. The van der Waals surface area contributed by atoms with Gasteiger partial charge in [-0.1, -0.05) is 378 Å². The van der Waals surface area contributed by atoms with Crippen molar-refractivity contribution >= 4 is 11.9 Å². The number of rotatable bonds is 74. The molecule has 0 aliphatic rings. The SMILES string of the molecule is CCCCCCCC/C=C\CCCCCCCCCC(=O)OCCCCCCCCCCCCCC/C=C\CCCCCCCCCCCCCCCCCC(=O)NC(CO)C(O)/C=C/CCCCCCCCCCCCCCCCCCCCC. The Bertz CT molecular complexity index is 1390. The van der Waals surface area contributed by atoms with Gasteiger partial charge < -0.3 is 20.3 Å². The minimum atomic E-state index is -0.844. The largest absolute Gasteiger partial charge is 0.466 e. The lowest BCUT2D eigenvalue weighted by Gasteiger charge is -2.20. The van der Waals surface area contributed by atoms with Crippen LogP contribution in [0.15, 0.2) is 36.5 Å². The summed E-state index contributed by atoms with van der Waals surface area (Å²) in [5.74, 6) is -0.0467. The van der Waals surface area contributed by atoms with Gasteiger partial charge in [0.05, 0.1) is 25.4 Å². The molecule has 0 saturated carbocycles. The Labute approximate surface area is 538 Å². The molecule has 0 saturated heterocycles. The maximum Gasteiger partial charge on any atom is 0.305 e. The first-order valence-corrected chi connectivity index (χ1v) is 39.3. The van der Waals surface area contributed by atoms with E-state index in [0.29, 0.717) is 19.4 Å². The number of aliphatic hydroxyl groups excluding tert-OH is 2. The van der Waals surface area contributed by atoms with Crippen molar-refractivity contribution in [3.63, 3.8) is 0 Å². The van der Waals surface area contributed by atoms with E-state index in [1.165, 1.54) is 366 Å². The molecule has 0 bridgehead atoms. The van der Waals surface area contributed by atoms with E-state index in [2.05, 4.69) is 43.5 Å². The van der Waals surface area contributed by atoms with Crippen LogP contribution in [0.3, 0.4) is 0 Å². The van der Waals surface area contributed by atoms with E-state index in [-0.39, 0.29) is 18.5 Å². The van der Waals surface area contributed by atoms with Gasteiger partial charge in [0.2, 0.25) is 5.91 Å². The number of allylic oxidation sites excluding steroid dienone is 5. The van der Waals surface area contributed by atoms with Crippen LogP contribution in [0.2, 0.25) is 0 Å². The highest BCUT2D eigenvalue weighted by molar-refractivity contribution is 5.76. The Hall–Kier alpha value is -1.92. The van der Waals surface area contributed by atoms with Crippen molar-refractivity contribution in [3.8, 4) is 0 Å². The second-order valence-electron chi connectivity index (χ2n) is 27.0. The molecule has 0 aromatic rings. The summed E-state index contributed by atoms with van der Waals surface area (Å²) < 4.78 is 5.51. The van der Waals surface area contributed by atoms with Gasteiger partial charge in [-0.15, -0.1) is 0 Å². The molecule has 2 atom stereocenters. The van der Waals surface area contributed by atoms with E-state index < -0.39 is 12.1 Å². The van der Waals surface area contributed by atoms with Gasteiger partial charge in [-0.2, -0.15) is 0 Å². The molecular formula is C80H153NO5. The molecule has 0 aromatic heterocycles. The number of unbranched alkanes of at least 4 members (excludes halogenated alkanes) is 59. The molecule has 0 aliphatic heterocycles. The first kappa shape index (κ1) is 84.1. The molecule has 1 amide bonds. The van der Waals surface area contributed by atoms with Crippen LogP contribution in [0.1, 0.15) is 438 Å². The number of aliphatic hydroxyl groups is 2. The Morgan fingerprint density at radius 2 is 0.547 bits per heavy atom. The van der Waals surface area contributed by atoms with Gasteiger partial charge in [-0.25, -0.2) is 0 Å². The first-order chi connectivity index (χ1) is 42.5. The van der Waals surface area contributed by atoms with Crippen molar-refractivity contribution < 1.29 is 24.5 Å². The lowest BCUT2D eigenvalue weighted by Crippen LogP contribution is -2.45. The summed E-state index contributed by atoms with van der Waals surface area (Å²) in [4.78, 5) is 24.6. The molecule has 0 aliphatic carbocycles. The molecule has 0 radical (unpaired) electrons. The number of carbonyl (C=O) groups excluding carboxylic acids is 2. The molecular weight excluding hydrogens is 1050 g/mol. The Kier molecular flexibility index (Phi) is 73.9. The van der Waals surface area contributed by atoms with Gasteiger partial charge in [0.1, 0.15) is 0 Å². The van der Waals surface area contributed by atoms with Crippen molar-refractivity contribution in [2.45, 2.75) is 450 Å². The fraction of sp³-hybridized carbons (Fsp3) is 0.900. The van der Waals surface area contributed by atoms with Crippen LogP contribution in [0.25, 0.3) is 0 Å². The van der Waals surface area contributed by atoms with Crippen LogP contribution in [0, 0.1) is 0 Å². The van der Waals surface area contributed by atoms with Crippen LogP contribution >= 0.6 is 0 Å². The maximum atomic E-state index is 12.5. The normalized spacial score (nSPS) is 12.7. The minimum Gasteiger partial charge on any atom is -0.466 e. The molecule has 2 unspecified atom stereocenters. The molecule has 86 heavy (non-hydrogen) atoms. The van der Waals surface area contributed by atoms with E-state index >= 15 is 0 Å². The third-order valence-electron chi connectivity index (χ3n) is 18.4. The highest BCUT2D eigenvalue weighted by atomic mass is 16.5. The second-order valence-corrected chi connectivity index (χ2v) is 27.0. The van der Waals surface area contributed by atoms with Crippen LogP contribution in [-0.4, -0.2) is 47.4 Å². The van der Waals surface area contributed by atoms with Gasteiger partial charge in [-0.05, 0) is 83.5 Å². The molecule has 0 fully saturated rings. The zero-order chi connectivity index (χ0) is 62.0. The quantitative estimate of drug-likeness (QED) is 0.0320. The van der Waals surface area contributed by atoms with E-state index in [1.54, 1.807) is 6.08 Å². The first-order valence-electron chi connectivity index (χ1n) is 39.3. The Balaban J connectivity index is 3.38. The summed E-state index contributed by atoms with van der Waals surface area (Å²) >= 11 is 0. The summed E-state index contributed by atoms with van der Waals surface area (Å²) in [6.07, 6.45) is 98.3. The predicted molar refractivity (Wildman–Crippen MR) is 379 cm³/mol. The lowest BCUT2D eigenvalue weighted by atomic mass is 10.0. The predicted octanol–water partition coefficient (Wildman–Crippen LogP) is 25.8. The summed E-state index contributed by atoms with van der Waals surface area (Å²) in [6.45, 7) is 4.94. The standard InChI is InChI=1S/C80H153NO5/c1-3-5-7-9-11-13-15-17-19-21-22-34-37-41-44-48-52-56-60-64-68-72-78(83)77(76-82)81-79(84)73-69-65-61-57-53-49-45-42-38-35-32-30-28-26-24-23-25-27-29-31-33-36-39-43-47-51-55-59-63-67-71-75-86-80(85)74-70-66-62-58-54-50-46-40-20-18-16-14-12-10-8-6-4-2/h18,20,25,27,68,72,77-78,82-83H,3-17,19,21-24,26,28-67,69-71,73-76H2,1-2H3,(H,81,84)/b20-18-,27-25-,72-68+. The third kappa shape index (κ3) is 71.2. The highest BCUT2D eigenvalue weighted by Crippen LogP contribution is 2.19. The number of amides is 1. The molecule has 6 nitrogen and oxygen atoms in total. The molecule has 3 N–H and O–H groups in total. The van der Waals surface area contributed by atoms with Crippen LogP contribution in [0.5, 0.6) is 0 Å². The van der Waals surface area contributed by atoms with Crippen LogP contribution < -0.4 is 5.32 Å². The van der Waals surface area contributed by atoms with Crippen molar-refractivity contribution in [1.29, 1.82) is 0 Å². The summed E-state index contributed by atoms with van der Waals surface area (Å²) in [5, 5.41) is 23.3. The maximum absolute atomic E-state index is 12.5. The highest BCUT2D eigenvalue weighted by Gasteiger charge is 2.18. The van der Waals surface area contributed by atoms with Gasteiger partial charge >= 0.3 is 5.97 Å². The number of nitrogens with one attached hydrogen (secondary N) is 1. The molecule has 0 rings (SSSR count). The van der Waals surface area contributed by atoms with E-state index in [9.17, 15) is 19.8 Å². The van der Waals surface area contributed by atoms with E-state index in [1.807, 2.05) is 6.08 Å². The van der Waals surface area contributed by atoms with Gasteiger partial charge in [0.25, 0.3) is 0 Å². The molecule has 508 valence electrons. The zero-order valence-corrected chi connectivity index (χ0v) is 58.3. The number of carbonyl (C=O) groups is 2. The third-order valence-corrected chi connectivity index (χ3v) is 18.4. The number of ether oxygens (including phenoxy) is 1. The van der Waals surface area contributed by atoms with Crippen molar-refractivity contribution in [3.05, 3.63) is 36.5 Å². The van der Waals surface area contributed by atoms with Gasteiger partial charge in [0.15, 0.2) is 0 Å². The van der Waals surface area contributed by atoms with Crippen LogP contribution in [-0.2, 0) is 14.3 Å². The van der Waals surface area contributed by atoms with Crippen molar-refractivity contribution in [2.75, 3.05) is 13.2 Å². The van der Waals surface area contributed by atoms with E-state index in [4.69, 9.17) is 4.74 Å². The number of esters is 1. The number of hydrogen-bond acceptors (Lipinski definition) is 5. The average Bonchev–Trinajstić information content (AvgIpc) is 3.53. The summed E-state index contributed by atoms with van der Waals surface area (Å²) in [6, 6.07) is -0.628. The Morgan fingerprint density at radius 1 is 0.314 bits per heavy atom.